The molecule has 0 saturated carbocycles. The van der Waals surface area contributed by atoms with Gasteiger partial charge in [0, 0.05) is 92.6 Å². The van der Waals surface area contributed by atoms with Gasteiger partial charge < -0.3 is 14.2 Å². The maximum atomic E-state index is 12.2. The van der Waals surface area contributed by atoms with Gasteiger partial charge >= 0.3 is 0 Å². The third-order valence-electron chi connectivity index (χ3n) is 7.75. The van der Waals surface area contributed by atoms with E-state index < -0.39 is 0 Å². The molecule has 6 rings (SSSR count). The number of fused-ring (bicyclic) bond motifs is 2. The van der Waals surface area contributed by atoms with Gasteiger partial charge in [-0.3, -0.25) is 14.5 Å². The lowest BCUT2D eigenvalue weighted by Crippen LogP contribution is -2.35. The number of carbonyl (C=O) groups is 1. The smallest absolute Gasteiger partial charge is 0.219 e. The van der Waals surface area contributed by atoms with E-state index in [1.165, 1.54) is 17.0 Å². The summed E-state index contributed by atoms with van der Waals surface area (Å²) in [5, 5.41) is 7.45. The van der Waals surface area contributed by atoms with Crippen LogP contribution in [-0.4, -0.2) is 49.9 Å². The molecule has 5 heterocycles. The second kappa shape index (κ2) is 8.64. The first-order valence-corrected chi connectivity index (χ1v) is 12.5. The predicted molar refractivity (Wildman–Crippen MR) is 136 cm³/mol. The Morgan fingerprint density at radius 3 is 2.71 bits per heavy atom. The van der Waals surface area contributed by atoms with E-state index in [1.807, 2.05) is 11.1 Å². The number of hydrogen-bond acceptors (Lipinski definition) is 4. The highest BCUT2D eigenvalue weighted by Crippen LogP contribution is 2.37. The summed E-state index contributed by atoms with van der Waals surface area (Å²) < 4.78 is 9.98. The topological polar surface area (TPSA) is 65.2 Å². The number of nitrogens with zero attached hydrogens (tertiary/aromatic N) is 5. The normalized spacial score (nSPS) is 16.6. The van der Waals surface area contributed by atoms with E-state index in [2.05, 4.69) is 59.7 Å². The van der Waals surface area contributed by atoms with Gasteiger partial charge in [0.25, 0.3) is 0 Å². The molecule has 1 aromatic carbocycles. The molecular formula is C28H31N5O2. The standard InChI is InChI=1S/C28H31N5O2/c1-18-22(7-11-31(18)3)26-15-20-5-4-6-23(24(20)16-29-26)28-25-17-32(19(2)34)12-8-27(25)33(30-28)21-9-13-35-14-10-21/h4-7,11,15-16,21H,8-10,12-14,17H2,1-3H3. The van der Waals surface area contributed by atoms with E-state index in [1.54, 1.807) is 6.92 Å². The zero-order valence-electron chi connectivity index (χ0n) is 20.6. The first kappa shape index (κ1) is 22.0. The molecule has 1 saturated heterocycles. The van der Waals surface area contributed by atoms with Crippen molar-refractivity contribution in [3.63, 3.8) is 0 Å². The number of rotatable bonds is 3. The Morgan fingerprint density at radius 1 is 1.14 bits per heavy atom. The minimum atomic E-state index is 0.114. The molecule has 4 aromatic rings. The molecule has 35 heavy (non-hydrogen) atoms. The number of amides is 1. The average Bonchev–Trinajstić information content (AvgIpc) is 3.43. The minimum absolute atomic E-state index is 0.114. The van der Waals surface area contributed by atoms with Crippen LogP contribution in [-0.2, 0) is 29.5 Å². The molecule has 0 atom stereocenters. The molecule has 2 aliphatic heterocycles. The van der Waals surface area contributed by atoms with Crippen LogP contribution >= 0.6 is 0 Å². The fraction of sp³-hybridized carbons (Fsp3) is 0.393. The molecule has 0 bridgehead atoms. The van der Waals surface area contributed by atoms with Gasteiger partial charge in [0.2, 0.25) is 5.91 Å². The molecule has 7 heteroatoms. The van der Waals surface area contributed by atoms with Gasteiger partial charge in [-0.1, -0.05) is 18.2 Å². The van der Waals surface area contributed by atoms with Crippen LogP contribution in [0, 0.1) is 6.92 Å². The van der Waals surface area contributed by atoms with Gasteiger partial charge in [-0.15, -0.1) is 0 Å². The van der Waals surface area contributed by atoms with Crippen molar-refractivity contribution >= 4 is 16.7 Å². The monoisotopic (exact) mass is 469 g/mol. The van der Waals surface area contributed by atoms with Crippen LogP contribution < -0.4 is 0 Å². The third-order valence-corrected chi connectivity index (χ3v) is 7.75. The largest absolute Gasteiger partial charge is 0.381 e. The summed E-state index contributed by atoms with van der Waals surface area (Å²) >= 11 is 0. The van der Waals surface area contributed by atoms with E-state index in [4.69, 9.17) is 14.8 Å². The Kier molecular flexibility index (Phi) is 5.44. The highest BCUT2D eigenvalue weighted by atomic mass is 16.5. The van der Waals surface area contributed by atoms with Crippen LogP contribution in [0.1, 0.15) is 42.8 Å². The molecule has 0 unspecified atom stereocenters. The maximum absolute atomic E-state index is 12.2. The summed E-state index contributed by atoms with van der Waals surface area (Å²) in [5.41, 5.74) is 7.83. The number of pyridine rings is 1. The van der Waals surface area contributed by atoms with E-state index in [0.717, 1.165) is 72.3 Å². The third kappa shape index (κ3) is 3.74. The van der Waals surface area contributed by atoms with Crippen molar-refractivity contribution in [2.45, 2.75) is 45.7 Å². The Hall–Kier alpha value is -3.45. The molecule has 0 aliphatic carbocycles. The molecule has 0 N–H and O–H groups in total. The van der Waals surface area contributed by atoms with E-state index in [-0.39, 0.29) is 5.91 Å². The lowest BCUT2D eigenvalue weighted by molar-refractivity contribution is -0.129. The maximum Gasteiger partial charge on any atom is 0.219 e. The summed E-state index contributed by atoms with van der Waals surface area (Å²) in [6, 6.07) is 11.0. The van der Waals surface area contributed by atoms with Crippen molar-refractivity contribution in [3.05, 3.63) is 59.7 Å². The van der Waals surface area contributed by atoms with Crippen molar-refractivity contribution in [2.75, 3.05) is 19.8 Å². The quantitative estimate of drug-likeness (QED) is 0.437. The van der Waals surface area contributed by atoms with Crippen molar-refractivity contribution < 1.29 is 9.53 Å². The number of aryl methyl sites for hydroxylation is 1. The number of hydrogen-bond donors (Lipinski definition) is 0. The number of aromatic nitrogens is 4. The van der Waals surface area contributed by atoms with Crippen LogP contribution in [0.5, 0.6) is 0 Å². The van der Waals surface area contributed by atoms with E-state index in [0.29, 0.717) is 12.6 Å². The average molecular weight is 470 g/mol. The van der Waals surface area contributed by atoms with Gasteiger partial charge in [-0.2, -0.15) is 5.10 Å². The zero-order valence-corrected chi connectivity index (χ0v) is 20.6. The summed E-state index contributed by atoms with van der Waals surface area (Å²) in [7, 11) is 2.06. The lowest BCUT2D eigenvalue weighted by Gasteiger charge is -2.29. The molecule has 180 valence electrons. The van der Waals surface area contributed by atoms with Crippen LogP contribution in [0.4, 0.5) is 0 Å². The Bertz CT molecular complexity index is 1430. The highest BCUT2D eigenvalue weighted by Gasteiger charge is 2.30. The molecule has 0 radical (unpaired) electrons. The van der Waals surface area contributed by atoms with Crippen LogP contribution in [0.15, 0.2) is 42.7 Å². The van der Waals surface area contributed by atoms with Gasteiger partial charge in [0.15, 0.2) is 0 Å². The summed E-state index contributed by atoms with van der Waals surface area (Å²) in [5.74, 6) is 0.114. The predicted octanol–water partition coefficient (Wildman–Crippen LogP) is 4.67. The highest BCUT2D eigenvalue weighted by molar-refractivity contribution is 5.97. The summed E-state index contributed by atoms with van der Waals surface area (Å²) in [6.07, 6.45) is 6.84. The fourth-order valence-corrected chi connectivity index (χ4v) is 5.57. The molecule has 7 nitrogen and oxygen atoms in total. The van der Waals surface area contributed by atoms with Crippen LogP contribution in [0.3, 0.4) is 0 Å². The number of benzene rings is 1. The van der Waals surface area contributed by atoms with Gasteiger partial charge in [-0.25, -0.2) is 0 Å². The SMILES string of the molecule is CC(=O)N1CCc2c(c(-c3cccc4cc(-c5ccn(C)c5C)ncc34)nn2C2CCOCC2)C1. The molecule has 3 aromatic heterocycles. The van der Waals surface area contributed by atoms with Gasteiger partial charge in [0.1, 0.15) is 0 Å². The molecule has 1 amide bonds. The van der Waals surface area contributed by atoms with Crippen LogP contribution in [0.2, 0.25) is 0 Å². The Labute approximate surface area is 205 Å². The van der Waals surface area contributed by atoms with E-state index >= 15 is 0 Å². The molecule has 0 spiro atoms. The van der Waals surface area contributed by atoms with Crippen molar-refractivity contribution in [2.24, 2.45) is 7.05 Å². The number of ether oxygens (including phenoxy) is 1. The van der Waals surface area contributed by atoms with Crippen molar-refractivity contribution in [1.82, 2.24) is 24.2 Å². The summed E-state index contributed by atoms with van der Waals surface area (Å²) in [6.45, 7) is 6.67. The first-order chi connectivity index (χ1) is 17.0. The number of carbonyl (C=O) groups excluding carboxylic acids is 1. The fourth-order valence-electron chi connectivity index (χ4n) is 5.57. The van der Waals surface area contributed by atoms with Crippen molar-refractivity contribution in [3.8, 4) is 22.5 Å². The Morgan fingerprint density at radius 2 is 1.97 bits per heavy atom. The van der Waals surface area contributed by atoms with E-state index in [9.17, 15) is 4.79 Å². The molecule has 1 fully saturated rings. The zero-order chi connectivity index (χ0) is 24.1. The molecule has 2 aliphatic rings. The second-order valence-corrected chi connectivity index (χ2v) is 9.77. The second-order valence-electron chi connectivity index (χ2n) is 9.77. The van der Waals surface area contributed by atoms with Crippen LogP contribution in [0.25, 0.3) is 33.3 Å². The lowest BCUT2D eigenvalue weighted by atomic mass is 9.96. The minimum Gasteiger partial charge on any atom is -0.381 e. The van der Waals surface area contributed by atoms with Gasteiger partial charge in [0.05, 0.1) is 17.4 Å². The molecular weight excluding hydrogens is 438 g/mol. The van der Waals surface area contributed by atoms with Gasteiger partial charge in [-0.05, 0) is 37.3 Å². The van der Waals surface area contributed by atoms with Crippen molar-refractivity contribution in [1.29, 1.82) is 0 Å². The first-order valence-electron chi connectivity index (χ1n) is 12.5. The summed E-state index contributed by atoms with van der Waals surface area (Å²) in [4.78, 5) is 19.0. The Balaban J connectivity index is 1.49.